The Morgan fingerprint density at radius 1 is 0.809 bits per heavy atom. The number of amides is 5. The molecule has 0 aromatic heterocycles. The van der Waals surface area contributed by atoms with Crippen molar-refractivity contribution in [3.63, 3.8) is 0 Å². The molecule has 0 radical (unpaired) electrons. The number of benzene rings is 3. The summed E-state index contributed by atoms with van der Waals surface area (Å²) in [5.41, 5.74) is 11.5. The van der Waals surface area contributed by atoms with Gasteiger partial charge in [0.15, 0.2) is 0 Å². The van der Waals surface area contributed by atoms with E-state index in [0.717, 1.165) is 46.5 Å². The van der Waals surface area contributed by atoms with E-state index in [0.29, 0.717) is 17.7 Å². The van der Waals surface area contributed by atoms with Crippen LogP contribution in [0.3, 0.4) is 0 Å². The molecule has 3 N–H and O–H groups in total. The fourth-order valence-electron chi connectivity index (χ4n) is 7.59. The molecular weight excluding hydrogens is 592 g/mol. The number of nitrogens with two attached hydrogens (primary N) is 1. The molecule has 4 atom stereocenters. The highest BCUT2D eigenvalue weighted by atomic mass is 16.2. The molecule has 3 heterocycles. The minimum Gasteiger partial charge on any atom is -0.399 e. The van der Waals surface area contributed by atoms with Crippen molar-refractivity contribution < 1.29 is 24.0 Å². The van der Waals surface area contributed by atoms with E-state index in [-0.39, 0.29) is 47.8 Å². The summed E-state index contributed by atoms with van der Waals surface area (Å²) in [6.45, 7) is 2.20. The third kappa shape index (κ3) is 5.45. The highest BCUT2D eigenvalue weighted by Gasteiger charge is 2.45. The fourth-order valence-corrected chi connectivity index (χ4v) is 7.59. The molecule has 0 spiro atoms. The first kappa shape index (κ1) is 30.3. The molecule has 9 nitrogen and oxygen atoms in total. The Bertz CT molecular complexity index is 1880. The summed E-state index contributed by atoms with van der Waals surface area (Å²) < 4.78 is 0. The van der Waals surface area contributed by atoms with E-state index in [1.807, 2.05) is 77.7 Å². The predicted octanol–water partition coefficient (Wildman–Crippen LogP) is 5.48. The smallest absolute Gasteiger partial charge is 0.262 e. The summed E-state index contributed by atoms with van der Waals surface area (Å²) in [4.78, 5) is 68.2. The van der Waals surface area contributed by atoms with Gasteiger partial charge in [-0.1, -0.05) is 68.3 Å². The van der Waals surface area contributed by atoms with Gasteiger partial charge in [-0.2, -0.15) is 0 Å². The Morgan fingerprint density at radius 2 is 1.57 bits per heavy atom. The van der Waals surface area contributed by atoms with Crippen LogP contribution in [0, 0.1) is 5.92 Å². The number of hydrogen-bond donors (Lipinski definition) is 2. The van der Waals surface area contributed by atoms with Gasteiger partial charge in [-0.15, -0.1) is 0 Å². The summed E-state index contributed by atoms with van der Waals surface area (Å²) in [6.07, 6.45) is 9.39. The van der Waals surface area contributed by atoms with Crippen LogP contribution in [0.25, 0.3) is 11.6 Å². The minimum absolute atomic E-state index is 0.0268. The number of carbonyl (C=O) groups excluding carboxylic acids is 5. The Labute approximate surface area is 273 Å². The zero-order chi connectivity index (χ0) is 32.8. The fraction of sp³-hybridized carbons (Fsp3) is 0.289. The number of allylic oxidation sites excluding steroid dienone is 2. The number of fused-ring (bicyclic) bond motifs is 2. The quantitative estimate of drug-likeness (QED) is 0.167. The van der Waals surface area contributed by atoms with Crippen molar-refractivity contribution >= 4 is 52.6 Å². The van der Waals surface area contributed by atoms with E-state index >= 15 is 0 Å². The lowest BCUT2D eigenvalue weighted by Gasteiger charge is -2.31. The number of nitrogens with one attached hydrogen (secondary N) is 1. The van der Waals surface area contributed by atoms with Crippen LogP contribution in [0.1, 0.15) is 88.8 Å². The first-order valence-corrected chi connectivity index (χ1v) is 16.2. The van der Waals surface area contributed by atoms with Gasteiger partial charge in [0.05, 0.1) is 16.8 Å². The molecule has 1 saturated carbocycles. The van der Waals surface area contributed by atoms with E-state index in [2.05, 4.69) is 12.2 Å². The third-order valence-electron chi connectivity index (χ3n) is 10.1. The van der Waals surface area contributed by atoms with Gasteiger partial charge in [0.1, 0.15) is 6.04 Å². The molecule has 238 valence electrons. The molecular formula is C38H36N4O5. The summed E-state index contributed by atoms with van der Waals surface area (Å²) in [5, 5.41) is 2.25. The van der Waals surface area contributed by atoms with Gasteiger partial charge in [0.2, 0.25) is 11.8 Å². The van der Waals surface area contributed by atoms with Crippen molar-refractivity contribution in [2.24, 2.45) is 5.92 Å². The number of anilines is 2. The number of nitrogens with zero attached hydrogens (tertiary/aromatic N) is 2. The van der Waals surface area contributed by atoms with E-state index < -0.39 is 29.7 Å². The van der Waals surface area contributed by atoms with Crippen molar-refractivity contribution in [3.8, 4) is 0 Å². The highest BCUT2D eigenvalue weighted by Crippen LogP contribution is 2.45. The number of carbonyl (C=O) groups is 5. The third-order valence-corrected chi connectivity index (χ3v) is 10.1. The van der Waals surface area contributed by atoms with Crippen LogP contribution >= 0.6 is 0 Å². The van der Waals surface area contributed by atoms with Crippen molar-refractivity contribution in [1.82, 2.24) is 10.2 Å². The molecule has 7 rings (SSSR count). The van der Waals surface area contributed by atoms with Crippen LogP contribution in [0.2, 0.25) is 0 Å². The number of rotatable bonds is 5. The van der Waals surface area contributed by atoms with Crippen molar-refractivity contribution in [1.29, 1.82) is 0 Å². The molecule has 9 heteroatoms. The SMILES string of the molecule is CC1CCCC(N2C(=O)/C(=C/C=C/c3ccc(N)cc3)c3ccccc32)CC1c1ccc2c(c1)C(=O)N(C1CCC(=O)NC1=O)C2=O. The maximum absolute atomic E-state index is 14.1. The van der Waals surface area contributed by atoms with Gasteiger partial charge in [0.25, 0.3) is 17.7 Å². The Balaban J connectivity index is 1.16. The Morgan fingerprint density at radius 3 is 2.36 bits per heavy atom. The van der Waals surface area contributed by atoms with E-state index in [1.165, 1.54) is 0 Å². The molecule has 3 aliphatic heterocycles. The number of hydrogen-bond acceptors (Lipinski definition) is 6. The second-order valence-corrected chi connectivity index (χ2v) is 13.0. The van der Waals surface area contributed by atoms with Crippen LogP contribution in [0.5, 0.6) is 0 Å². The lowest BCUT2D eigenvalue weighted by atomic mass is 9.81. The molecule has 4 aliphatic rings. The largest absolute Gasteiger partial charge is 0.399 e. The van der Waals surface area contributed by atoms with Crippen molar-refractivity contribution in [3.05, 3.63) is 107 Å². The van der Waals surface area contributed by atoms with Crippen LogP contribution in [0.4, 0.5) is 11.4 Å². The van der Waals surface area contributed by atoms with Crippen LogP contribution < -0.4 is 16.0 Å². The number of nitrogen functional groups attached to an aromatic ring is 1. The van der Waals surface area contributed by atoms with Gasteiger partial charge in [-0.25, -0.2) is 0 Å². The van der Waals surface area contributed by atoms with Crippen LogP contribution in [0.15, 0.2) is 78.9 Å². The number of imide groups is 2. The predicted molar refractivity (Wildman–Crippen MR) is 179 cm³/mol. The highest BCUT2D eigenvalue weighted by molar-refractivity contribution is 6.33. The van der Waals surface area contributed by atoms with Gasteiger partial charge in [0, 0.05) is 29.3 Å². The van der Waals surface area contributed by atoms with E-state index in [9.17, 15) is 24.0 Å². The molecule has 3 aromatic rings. The molecule has 47 heavy (non-hydrogen) atoms. The summed E-state index contributed by atoms with van der Waals surface area (Å²) in [5.74, 6) is -1.76. The molecule has 1 aliphatic carbocycles. The standard InChI is InChI=1S/C38H36N4O5/c1-22-6-4-8-26(41-32-11-3-2-9-27(32)28(36(41)45)10-5-7-23-12-15-25(39)16-13-23)21-30(22)24-14-17-29-31(20-24)38(47)42(37(29)46)33-18-19-34(43)40-35(33)44/h2-3,5,7,9-17,20,22,26,30,33H,4,6,8,18-19,21,39H2,1H3,(H,40,43,44)/b7-5+,28-10+. The topological polar surface area (TPSA) is 130 Å². The number of piperidine rings is 1. The molecule has 3 aromatic carbocycles. The van der Waals surface area contributed by atoms with Gasteiger partial charge in [-0.05, 0) is 78.6 Å². The van der Waals surface area contributed by atoms with Crippen molar-refractivity contribution in [2.75, 3.05) is 10.6 Å². The van der Waals surface area contributed by atoms with Crippen molar-refractivity contribution in [2.45, 2.75) is 63.5 Å². The summed E-state index contributed by atoms with van der Waals surface area (Å²) in [7, 11) is 0. The monoisotopic (exact) mass is 628 g/mol. The molecule has 5 amide bonds. The average Bonchev–Trinajstić information content (AvgIpc) is 3.38. The second kappa shape index (κ2) is 12.1. The maximum Gasteiger partial charge on any atom is 0.262 e. The van der Waals surface area contributed by atoms with Crippen LogP contribution in [-0.4, -0.2) is 46.5 Å². The lowest BCUT2D eigenvalue weighted by Crippen LogP contribution is -2.54. The maximum atomic E-state index is 14.1. The Kier molecular flexibility index (Phi) is 7.83. The van der Waals surface area contributed by atoms with E-state index in [1.54, 1.807) is 12.1 Å². The molecule has 1 saturated heterocycles. The zero-order valence-electron chi connectivity index (χ0n) is 26.1. The van der Waals surface area contributed by atoms with E-state index in [4.69, 9.17) is 5.73 Å². The normalized spacial score (nSPS) is 25.4. The van der Waals surface area contributed by atoms with Gasteiger partial charge < -0.3 is 10.6 Å². The average molecular weight is 629 g/mol. The summed E-state index contributed by atoms with van der Waals surface area (Å²) >= 11 is 0. The lowest BCUT2D eigenvalue weighted by molar-refractivity contribution is -0.136. The van der Waals surface area contributed by atoms with Gasteiger partial charge >= 0.3 is 0 Å². The zero-order valence-corrected chi connectivity index (χ0v) is 26.1. The Hall–Kier alpha value is -5.31. The summed E-state index contributed by atoms with van der Waals surface area (Å²) in [6, 6.07) is 19.8. The first-order valence-electron chi connectivity index (χ1n) is 16.2. The molecule has 0 bridgehead atoms. The molecule has 2 fully saturated rings. The minimum atomic E-state index is -1.01. The first-order chi connectivity index (χ1) is 22.7. The number of para-hydroxylation sites is 1. The van der Waals surface area contributed by atoms with Gasteiger partial charge in [-0.3, -0.25) is 34.2 Å². The molecule has 4 unspecified atom stereocenters. The second-order valence-electron chi connectivity index (χ2n) is 13.0. The van der Waals surface area contributed by atoms with Crippen LogP contribution in [-0.2, 0) is 14.4 Å².